The first-order chi connectivity index (χ1) is 34.2. The summed E-state index contributed by atoms with van der Waals surface area (Å²) in [6, 6.07) is 95.7. The van der Waals surface area contributed by atoms with Gasteiger partial charge in [-0.3, -0.25) is 0 Å². The third-order valence-electron chi connectivity index (χ3n) is 14.7. The van der Waals surface area contributed by atoms with Gasteiger partial charge in [0.1, 0.15) is 11.2 Å². The molecule has 0 saturated carbocycles. The monoisotopic (exact) mass is 877 g/mol. The van der Waals surface area contributed by atoms with E-state index in [1.54, 1.807) is 0 Å². The van der Waals surface area contributed by atoms with Gasteiger partial charge in [-0.15, -0.1) is 0 Å². The van der Waals surface area contributed by atoms with Gasteiger partial charge in [0.2, 0.25) is 0 Å². The van der Waals surface area contributed by atoms with Crippen molar-refractivity contribution in [3.63, 3.8) is 0 Å². The lowest BCUT2D eigenvalue weighted by atomic mass is 9.70. The Hall–Kier alpha value is -8.98. The van der Waals surface area contributed by atoms with Crippen molar-refractivity contribution in [1.29, 1.82) is 0 Å². The Morgan fingerprint density at radius 1 is 0.275 bits per heavy atom. The maximum absolute atomic E-state index is 6.37. The smallest absolute Gasteiger partial charge is 0.136 e. The largest absolute Gasteiger partial charge is 0.456 e. The van der Waals surface area contributed by atoms with E-state index in [1.165, 1.54) is 66.8 Å². The van der Waals surface area contributed by atoms with E-state index in [1.807, 2.05) is 12.1 Å². The molecule has 0 bridgehead atoms. The summed E-state index contributed by atoms with van der Waals surface area (Å²) in [7, 11) is 0. The number of hydrogen-bond donors (Lipinski definition) is 0. The molecule has 0 radical (unpaired) electrons. The molecule has 14 rings (SSSR count). The van der Waals surface area contributed by atoms with Gasteiger partial charge >= 0.3 is 0 Å². The molecule has 2 aliphatic rings. The molecule has 0 amide bonds. The van der Waals surface area contributed by atoms with Gasteiger partial charge in [0.05, 0.1) is 11.1 Å². The van der Waals surface area contributed by atoms with Crippen molar-refractivity contribution in [3.05, 3.63) is 283 Å². The predicted octanol–water partition coefficient (Wildman–Crippen LogP) is 18.1. The van der Waals surface area contributed by atoms with Crippen LogP contribution < -0.4 is 4.90 Å². The average Bonchev–Trinajstić information content (AvgIpc) is 4.05. The van der Waals surface area contributed by atoms with Gasteiger partial charge in [-0.2, -0.15) is 0 Å². The minimum absolute atomic E-state index is 0.491. The molecule has 0 N–H and O–H groups in total. The second-order valence-electron chi connectivity index (χ2n) is 18.3. The van der Waals surface area contributed by atoms with Gasteiger partial charge in [-0.05, 0) is 132 Å². The van der Waals surface area contributed by atoms with E-state index in [2.05, 4.69) is 254 Å². The molecule has 12 aromatic rings. The number of hydrogen-bond acceptors (Lipinski definition) is 2. The van der Waals surface area contributed by atoms with Crippen molar-refractivity contribution in [2.75, 3.05) is 4.90 Å². The van der Waals surface area contributed by atoms with Crippen molar-refractivity contribution in [2.45, 2.75) is 5.41 Å². The minimum atomic E-state index is -0.491. The summed E-state index contributed by atoms with van der Waals surface area (Å²) in [4.78, 5) is 2.50. The summed E-state index contributed by atoms with van der Waals surface area (Å²) >= 11 is 0. The number of rotatable bonds is 7. The summed E-state index contributed by atoms with van der Waals surface area (Å²) in [5.74, 6) is 0. The predicted molar refractivity (Wildman–Crippen MR) is 286 cm³/mol. The average molecular weight is 878 g/mol. The van der Waals surface area contributed by atoms with Crippen LogP contribution in [0.25, 0.3) is 88.7 Å². The zero-order valence-electron chi connectivity index (χ0n) is 37.7. The number of anilines is 3. The second-order valence-corrected chi connectivity index (χ2v) is 18.3. The van der Waals surface area contributed by atoms with Crippen molar-refractivity contribution >= 4 is 39.0 Å². The molecule has 322 valence electrons. The molecular weight excluding hydrogens is 835 g/mol. The lowest BCUT2D eigenvalue weighted by molar-refractivity contribution is 0.669. The van der Waals surface area contributed by atoms with Crippen molar-refractivity contribution in [1.82, 2.24) is 0 Å². The van der Waals surface area contributed by atoms with E-state index in [9.17, 15) is 0 Å². The van der Waals surface area contributed by atoms with Crippen molar-refractivity contribution < 1.29 is 4.42 Å². The lowest BCUT2D eigenvalue weighted by Crippen LogP contribution is -2.26. The highest BCUT2D eigenvalue weighted by Gasteiger charge is 2.51. The summed E-state index contributed by atoms with van der Waals surface area (Å²) < 4.78 is 6.37. The number of fused-ring (bicyclic) bond motifs is 13. The van der Waals surface area contributed by atoms with E-state index >= 15 is 0 Å². The van der Waals surface area contributed by atoms with Crippen LogP contribution in [0, 0.1) is 0 Å². The van der Waals surface area contributed by atoms with Crippen molar-refractivity contribution in [2.24, 2.45) is 0 Å². The first kappa shape index (κ1) is 39.2. The number of furan rings is 1. The van der Waals surface area contributed by atoms with Crippen LogP contribution in [-0.2, 0) is 5.41 Å². The Kier molecular flexibility index (Phi) is 8.84. The molecule has 2 aliphatic carbocycles. The first-order valence-electron chi connectivity index (χ1n) is 23.8. The van der Waals surface area contributed by atoms with E-state index in [0.29, 0.717) is 0 Å². The van der Waals surface area contributed by atoms with Gasteiger partial charge in [0, 0.05) is 27.7 Å². The summed E-state index contributed by atoms with van der Waals surface area (Å²) in [6.07, 6.45) is 0. The summed E-state index contributed by atoms with van der Waals surface area (Å²) in [6.45, 7) is 0. The van der Waals surface area contributed by atoms with E-state index < -0.39 is 5.41 Å². The van der Waals surface area contributed by atoms with Crippen LogP contribution in [0.5, 0.6) is 0 Å². The quantitative estimate of drug-likeness (QED) is 0.159. The highest BCUT2D eigenvalue weighted by atomic mass is 16.3. The Labute approximate surface area is 401 Å². The molecule has 2 heteroatoms. The molecule has 0 fully saturated rings. The Morgan fingerprint density at radius 2 is 0.768 bits per heavy atom. The molecular formula is C67H43NO. The lowest BCUT2D eigenvalue weighted by Gasteiger charge is -2.33. The van der Waals surface area contributed by atoms with Crippen LogP contribution >= 0.6 is 0 Å². The van der Waals surface area contributed by atoms with Crippen LogP contribution in [0.3, 0.4) is 0 Å². The highest BCUT2D eigenvalue weighted by molar-refractivity contribution is 6.06. The molecule has 69 heavy (non-hydrogen) atoms. The van der Waals surface area contributed by atoms with Crippen molar-refractivity contribution in [3.8, 4) is 66.8 Å². The molecule has 1 spiro atoms. The highest BCUT2D eigenvalue weighted by Crippen LogP contribution is 2.63. The van der Waals surface area contributed by atoms with Crippen LogP contribution in [-0.4, -0.2) is 0 Å². The number of nitrogens with zero attached hydrogens (tertiary/aromatic N) is 1. The fraction of sp³-hybridized carbons (Fsp3) is 0.0149. The molecule has 1 heterocycles. The van der Waals surface area contributed by atoms with Crippen LogP contribution in [0.1, 0.15) is 22.3 Å². The standard InChI is InChI=1S/C67H43NO/c1-3-18-45(19-4-1)50-22-7-8-27-58(50)66-51(46-20-5-2-6-21-46)28-17-32-63(66)68(48-37-34-44(35-38-48)47-36-40-57-56-26-12-16-33-64(56)69-65(57)42-47)49-39-41-55-54-25-11-15-31-61(54)67(62(55)43-49)59-29-13-9-23-52(59)53-24-10-14-30-60(53)67/h1-43H. The fourth-order valence-corrected chi connectivity index (χ4v) is 11.8. The molecule has 0 atom stereocenters. The zero-order chi connectivity index (χ0) is 45.5. The molecule has 0 saturated heterocycles. The third-order valence-corrected chi connectivity index (χ3v) is 14.7. The third kappa shape index (κ3) is 5.92. The van der Waals surface area contributed by atoms with E-state index in [0.717, 1.165) is 61.3 Å². The van der Waals surface area contributed by atoms with E-state index in [-0.39, 0.29) is 0 Å². The molecule has 0 aliphatic heterocycles. The normalized spacial score (nSPS) is 12.8. The fourth-order valence-electron chi connectivity index (χ4n) is 11.8. The summed E-state index contributed by atoms with van der Waals surface area (Å²) in [5.41, 5.74) is 24.2. The SMILES string of the molecule is c1ccc(-c2ccccc2-c2c(-c3ccccc3)cccc2N(c2ccc(-c3ccc4c(c3)oc3ccccc34)cc2)c2ccc3c(c2)C2(c4ccccc4-c4ccccc42)c2ccccc2-3)cc1. The maximum Gasteiger partial charge on any atom is 0.136 e. The van der Waals surface area contributed by atoms with Crippen LogP contribution in [0.2, 0.25) is 0 Å². The zero-order valence-corrected chi connectivity index (χ0v) is 37.7. The van der Waals surface area contributed by atoms with Gasteiger partial charge in [0.15, 0.2) is 0 Å². The first-order valence-corrected chi connectivity index (χ1v) is 23.8. The van der Waals surface area contributed by atoms with Gasteiger partial charge in [-0.25, -0.2) is 0 Å². The Morgan fingerprint density at radius 3 is 1.43 bits per heavy atom. The number of benzene rings is 11. The topological polar surface area (TPSA) is 16.4 Å². The Balaban J connectivity index is 1.03. The second kappa shape index (κ2) is 15.6. The molecule has 11 aromatic carbocycles. The number of para-hydroxylation sites is 1. The summed E-state index contributed by atoms with van der Waals surface area (Å²) in [5, 5.41) is 2.26. The molecule has 1 aromatic heterocycles. The van der Waals surface area contributed by atoms with Crippen LogP contribution in [0.15, 0.2) is 265 Å². The Bertz CT molecular complexity index is 3890. The maximum atomic E-state index is 6.37. The molecule has 0 unspecified atom stereocenters. The van der Waals surface area contributed by atoms with Gasteiger partial charge < -0.3 is 9.32 Å². The van der Waals surface area contributed by atoms with Gasteiger partial charge in [0.25, 0.3) is 0 Å². The van der Waals surface area contributed by atoms with Gasteiger partial charge in [-0.1, -0.05) is 212 Å². The molecule has 2 nitrogen and oxygen atoms in total. The van der Waals surface area contributed by atoms with Crippen LogP contribution in [0.4, 0.5) is 17.1 Å². The van der Waals surface area contributed by atoms with E-state index in [4.69, 9.17) is 4.42 Å². The minimum Gasteiger partial charge on any atom is -0.456 e.